The summed E-state index contributed by atoms with van der Waals surface area (Å²) >= 11 is 0. The molecule has 0 amide bonds. The van der Waals surface area contributed by atoms with Gasteiger partial charge in [0.2, 0.25) is 17.9 Å². The fourth-order valence-corrected chi connectivity index (χ4v) is 15.1. The van der Waals surface area contributed by atoms with Crippen LogP contribution in [0, 0.1) is 0 Å². The fourth-order valence-electron chi connectivity index (χ4n) is 10.6. The highest BCUT2D eigenvalue weighted by Crippen LogP contribution is 2.55. The summed E-state index contributed by atoms with van der Waals surface area (Å²) in [5.74, 6) is 1.74. The van der Waals surface area contributed by atoms with Crippen LogP contribution in [0.1, 0.15) is 253 Å². The normalized spacial score (nSPS) is 18.9. The Bertz CT molecular complexity index is 1920. The molecule has 22 heteroatoms. The van der Waals surface area contributed by atoms with Crippen molar-refractivity contribution >= 4 is 41.1 Å². The first kappa shape index (κ1) is 75.5. The number of hydrogen-bond donors (Lipinski definition) is 1. The molecular formula is C61H124N9O10P3. The number of nitrogens with zero attached hydrogens (tertiary/aromatic N) is 9. The van der Waals surface area contributed by atoms with Crippen LogP contribution in [0.2, 0.25) is 0 Å². The quantitative estimate of drug-likeness (QED) is 0.0448. The van der Waals surface area contributed by atoms with Gasteiger partial charge in [0.15, 0.2) is 0 Å². The van der Waals surface area contributed by atoms with Crippen molar-refractivity contribution in [1.29, 1.82) is 0 Å². The van der Waals surface area contributed by atoms with Crippen molar-refractivity contribution in [3.63, 3.8) is 0 Å². The zero-order valence-corrected chi connectivity index (χ0v) is 57.1. The van der Waals surface area contributed by atoms with Crippen molar-refractivity contribution in [3.8, 4) is 0 Å². The topological polar surface area (TPSA) is 183 Å². The lowest BCUT2D eigenvalue weighted by molar-refractivity contribution is 0.0917. The zero-order valence-electron chi connectivity index (χ0n) is 54.4. The summed E-state index contributed by atoms with van der Waals surface area (Å²) in [6, 6.07) is 0. The minimum Gasteiger partial charge on any atom is -0.396 e. The van der Waals surface area contributed by atoms with Gasteiger partial charge in [-0.2, -0.15) is 0 Å². The highest BCUT2D eigenvalue weighted by atomic mass is 31.2. The number of likely N-dealkylation sites (N-methyl/N-ethyl adjacent to an activating group) is 3. The smallest absolute Gasteiger partial charge is 0.396 e. The summed E-state index contributed by atoms with van der Waals surface area (Å²) in [7, 11) is -6.40. The van der Waals surface area contributed by atoms with Crippen molar-refractivity contribution in [2.75, 3.05) is 120 Å². The maximum absolute atomic E-state index is 14.9. The van der Waals surface area contributed by atoms with Crippen LogP contribution < -0.4 is 0 Å². The first-order valence-electron chi connectivity index (χ1n) is 33.5. The third-order valence-electron chi connectivity index (χ3n) is 15.5. The lowest BCUT2D eigenvalue weighted by Gasteiger charge is -2.27. The minimum absolute atomic E-state index is 0.0108. The molecular weight excluding hydrogens is 1110 g/mol. The van der Waals surface area contributed by atoms with Gasteiger partial charge in [0.1, 0.15) is 0 Å². The molecule has 3 saturated heterocycles. The molecule has 3 fully saturated rings. The molecule has 0 aromatic heterocycles. The molecule has 0 aromatic carbocycles. The number of aliphatic hydroxyl groups is 1. The molecule has 0 bridgehead atoms. The highest BCUT2D eigenvalue weighted by Gasteiger charge is 2.37. The molecule has 0 radical (unpaired) electrons. The van der Waals surface area contributed by atoms with Gasteiger partial charge in [0, 0.05) is 86.7 Å². The van der Waals surface area contributed by atoms with Crippen LogP contribution in [-0.4, -0.2) is 178 Å². The van der Waals surface area contributed by atoms with Gasteiger partial charge in [-0.25, -0.2) is 13.7 Å². The Hall–Kier alpha value is -1.78. The van der Waals surface area contributed by atoms with Crippen LogP contribution in [0.4, 0.5) is 0 Å². The molecule has 19 nitrogen and oxygen atoms in total. The van der Waals surface area contributed by atoms with Crippen molar-refractivity contribution in [3.05, 3.63) is 0 Å². The summed E-state index contributed by atoms with van der Waals surface area (Å²) in [6.07, 6.45) is 38.1. The van der Waals surface area contributed by atoms with Crippen LogP contribution in [-0.2, 0) is 40.8 Å². The summed E-state index contributed by atoms with van der Waals surface area (Å²) in [4.78, 5) is 12.5. The predicted molar refractivity (Wildman–Crippen MR) is 345 cm³/mol. The minimum atomic E-state index is -4.18. The Morgan fingerprint density at radius 2 is 0.602 bits per heavy atom. The van der Waals surface area contributed by atoms with Crippen LogP contribution in [0.5, 0.6) is 0 Å². The molecule has 488 valence electrons. The molecule has 3 heterocycles. The first-order chi connectivity index (χ1) is 40.0. The SMILES string of the molecule is CCCCCCCCCCCCN1CCN(C)C1=NP(=O)(OCCCO)OCCCOP(=O)(N=C1N(C)CCN1CCCCCCCCCCCC)OCCCOP(=O)(N=C1N(C)CCN1CCCCCCCCCCCC)OC(C)(C)C. The van der Waals surface area contributed by atoms with E-state index < -0.39 is 28.8 Å². The van der Waals surface area contributed by atoms with E-state index in [0.717, 1.165) is 97.4 Å². The Labute approximate surface area is 507 Å². The van der Waals surface area contributed by atoms with Crippen molar-refractivity contribution < 1.29 is 45.9 Å². The maximum atomic E-state index is 14.9. The summed E-state index contributed by atoms with van der Waals surface area (Å²) < 4.78 is 94.2. The number of aliphatic hydroxyl groups excluding tert-OH is 1. The van der Waals surface area contributed by atoms with Crippen molar-refractivity contribution in [2.45, 2.75) is 259 Å². The predicted octanol–water partition coefficient (Wildman–Crippen LogP) is 15.9. The molecule has 0 saturated carbocycles. The standard InChI is InChI=1S/C61H124N9O10P3/c1-10-13-16-19-22-25-28-31-34-37-43-68-49-46-65(7)58(68)62-81(72,75-53-40-52-71)76-54-41-55-77-82(73,63-59-66(8)47-50-69(59)44-38-35-32-29-26-23-20-17-14-11-2)78-56-42-57-79-83(74,80-61(4,5)6)64-60-67(9)48-51-70(60)45-39-36-33-30-27-24-21-18-15-12-3/h71H,10-57H2,1-9H3. The van der Waals surface area contributed by atoms with Crippen LogP contribution in [0.3, 0.4) is 0 Å². The lowest BCUT2D eigenvalue weighted by Crippen LogP contribution is -2.32. The van der Waals surface area contributed by atoms with Gasteiger partial charge in [0.05, 0.1) is 38.6 Å². The first-order valence-corrected chi connectivity index (χ1v) is 38.0. The Balaban J connectivity index is 1.69. The summed E-state index contributed by atoms with van der Waals surface area (Å²) in [6.45, 7) is 18.8. The summed E-state index contributed by atoms with van der Waals surface area (Å²) in [5.41, 5.74) is -0.809. The third-order valence-corrected chi connectivity index (χ3v) is 20.1. The maximum Gasteiger partial charge on any atom is 0.457 e. The monoisotopic (exact) mass is 1240 g/mol. The van der Waals surface area contributed by atoms with Crippen LogP contribution >= 0.6 is 23.2 Å². The molecule has 83 heavy (non-hydrogen) atoms. The van der Waals surface area contributed by atoms with E-state index in [1.54, 1.807) is 0 Å². The Morgan fingerprint density at radius 1 is 0.361 bits per heavy atom. The largest absolute Gasteiger partial charge is 0.457 e. The second-order valence-electron chi connectivity index (χ2n) is 24.5. The Morgan fingerprint density at radius 3 is 0.867 bits per heavy atom. The molecule has 0 spiro atoms. The highest BCUT2D eigenvalue weighted by molar-refractivity contribution is 7.53. The van der Waals surface area contributed by atoms with E-state index in [0.29, 0.717) is 17.9 Å². The van der Waals surface area contributed by atoms with Crippen LogP contribution in [0.15, 0.2) is 14.3 Å². The number of guanidine groups is 3. The zero-order chi connectivity index (χ0) is 60.5. The van der Waals surface area contributed by atoms with E-state index in [9.17, 15) is 18.8 Å². The molecule has 3 unspecified atom stereocenters. The van der Waals surface area contributed by atoms with Gasteiger partial charge in [0.25, 0.3) is 0 Å². The second kappa shape index (κ2) is 44.6. The van der Waals surface area contributed by atoms with Gasteiger partial charge < -0.3 is 34.5 Å². The average molecular weight is 1240 g/mol. The van der Waals surface area contributed by atoms with E-state index in [1.807, 2.05) is 56.6 Å². The van der Waals surface area contributed by atoms with Crippen LogP contribution in [0.25, 0.3) is 0 Å². The molecule has 0 aliphatic carbocycles. The average Bonchev–Trinajstić information content (AvgIpc) is 4.33. The molecule has 3 aliphatic heterocycles. The molecule has 3 atom stereocenters. The number of hydrogen-bond acceptors (Lipinski definition) is 10. The lowest BCUT2D eigenvalue weighted by atomic mass is 10.1. The van der Waals surface area contributed by atoms with Gasteiger partial charge in [-0.1, -0.05) is 194 Å². The molecule has 3 rings (SSSR count). The second-order valence-corrected chi connectivity index (χ2v) is 29.4. The van der Waals surface area contributed by atoms with Gasteiger partial charge in [-0.3, -0.25) is 27.1 Å². The fraction of sp³-hybridized carbons (Fsp3) is 0.951. The van der Waals surface area contributed by atoms with E-state index >= 15 is 0 Å². The van der Waals surface area contributed by atoms with Crippen molar-refractivity contribution in [1.82, 2.24) is 29.4 Å². The van der Waals surface area contributed by atoms with Crippen molar-refractivity contribution in [2.24, 2.45) is 14.3 Å². The van der Waals surface area contributed by atoms with Gasteiger partial charge in [-0.05, 0) is 59.3 Å². The number of rotatable bonds is 53. The Kier molecular flexibility index (Phi) is 40.6. The van der Waals surface area contributed by atoms with Gasteiger partial charge >= 0.3 is 23.2 Å². The van der Waals surface area contributed by atoms with E-state index in [4.69, 9.17) is 36.7 Å². The van der Waals surface area contributed by atoms with Gasteiger partial charge in [-0.15, -0.1) is 14.3 Å². The molecule has 1 N–H and O–H groups in total. The van der Waals surface area contributed by atoms with E-state index in [1.165, 1.54) is 154 Å². The van der Waals surface area contributed by atoms with E-state index in [2.05, 4.69) is 40.2 Å². The molecule has 3 aliphatic rings. The number of unbranched alkanes of at least 4 members (excludes halogenated alkanes) is 27. The van der Waals surface area contributed by atoms with E-state index in [-0.39, 0.29) is 58.9 Å². The summed E-state index contributed by atoms with van der Waals surface area (Å²) in [5, 5.41) is 9.56. The third kappa shape index (κ3) is 34.0. The molecule has 0 aromatic rings.